The maximum Gasteiger partial charge on any atom is 0.253 e. The van der Waals surface area contributed by atoms with E-state index < -0.39 is 30.4 Å². The van der Waals surface area contributed by atoms with Crippen molar-refractivity contribution in [3.05, 3.63) is 93.7 Å². The first kappa shape index (κ1) is 20.1. The molecule has 0 spiro atoms. The highest BCUT2D eigenvalue weighted by molar-refractivity contribution is 5.94. The second kappa shape index (κ2) is 8.59. The Bertz CT molecular complexity index is 1100. The molecule has 1 N–H and O–H groups in total. The Morgan fingerprint density at radius 2 is 2.00 bits per heavy atom. The van der Waals surface area contributed by atoms with Gasteiger partial charge >= 0.3 is 0 Å². The van der Waals surface area contributed by atoms with E-state index in [2.05, 4.69) is 15.0 Å². The zero-order valence-electron chi connectivity index (χ0n) is 15.2. The van der Waals surface area contributed by atoms with E-state index in [0.29, 0.717) is 0 Å². The van der Waals surface area contributed by atoms with Crippen molar-refractivity contribution in [3.8, 4) is 5.75 Å². The number of rotatable bonds is 6. The summed E-state index contributed by atoms with van der Waals surface area (Å²) in [5.41, 5.74) is -0.126. The minimum atomic E-state index is -1.21. The van der Waals surface area contributed by atoms with Crippen LogP contribution in [0.2, 0.25) is 0 Å². The zero-order valence-corrected chi connectivity index (χ0v) is 15.2. The Hall–Kier alpha value is -3.62. The van der Waals surface area contributed by atoms with Crippen molar-refractivity contribution < 1.29 is 22.7 Å². The van der Waals surface area contributed by atoms with Crippen LogP contribution in [0.3, 0.4) is 0 Å². The number of amides is 1. The van der Waals surface area contributed by atoms with Crippen molar-refractivity contribution in [3.63, 3.8) is 0 Å². The molecule has 0 unspecified atom stereocenters. The lowest BCUT2D eigenvalue weighted by Crippen LogP contribution is -2.31. The van der Waals surface area contributed by atoms with Gasteiger partial charge in [-0.1, -0.05) is 6.07 Å². The van der Waals surface area contributed by atoms with Crippen LogP contribution in [0.4, 0.5) is 13.2 Å². The first-order valence-electron chi connectivity index (χ1n) is 8.47. The maximum atomic E-state index is 14.4. The Balaban J connectivity index is 2.01. The van der Waals surface area contributed by atoms with E-state index in [-0.39, 0.29) is 28.1 Å². The molecule has 3 aromatic rings. The molecule has 0 fully saturated rings. The van der Waals surface area contributed by atoms with E-state index >= 15 is 0 Å². The average molecular weight is 403 g/mol. The number of benzene rings is 1. The fraction of sp³-hybridized carbons (Fsp3) is 0.150. The lowest BCUT2D eigenvalue weighted by molar-refractivity contribution is 0.0941. The van der Waals surface area contributed by atoms with Crippen molar-refractivity contribution in [2.45, 2.75) is 6.04 Å². The lowest BCUT2D eigenvalue weighted by atomic mass is 10.0. The van der Waals surface area contributed by atoms with Crippen molar-refractivity contribution in [1.82, 2.24) is 14.9 Å². The van der Waals surface area contributed by atoms with Crippen molar-refractivity contribution >= 4 is 5.91 Å². The quantitative estimate of drug-likeness (QED) is 0.687. The molecular weight excluding hydrogens is 387 g/mol. The average Bonchev–Trinajstić information content (AvgIpc) is 2.70. The molecule has 29 heavy (non-hydrogen) atoms. The molecule has 0 saturated carbocycles. The minimum absolute atomic E-state index is 0.135. The van der Waals surface area contributed by atoms with Crippen LogP contribution in [-0.4, -0.2) is 22.3 Å². The second-order valence-corrected chi connectivity index (χ2v) is 6.09. The number of aryl methyl sites for hydroxylation is 1. The molecule has 2 aromatic heterocycles. The van der Waals surface area contributed by atoms with Crippen molar-refractivity contribution in [1.29, 1.82) is 0 Å². The highest BCUT2D eigenvalue weighted by Gasteiger charge is 2.23. The molecule has 1 aromatic carbocycles. The van der Waals surface area contributed by atoms with Gasteiger partial charge in [0.05, 0.1) is 11.6 Å². The predicted molar refractivity (Wildman–Crippen MR) is 98.2 cm³/mol. The summed E-state index contributed by atoms with van der Waals surface area (Å²) in [5.74, 6) is -2.53. The van der Waals surface area contributed by atoms with Gasteiger partial charge in [0.15, 0.2) is 11.6 Å². The number of carbonyl (C=O) groups excluding carboxylic acids is 1. The number of hydrogen-bond donors (Lipinski definition) is 1. The summed E-state index contributed by atoms with van der Waals surface area (Å²) >= 11 is 0. The molecule has 0 saturated heterocycles. The standard InChI is InChI=1S/C20H16F3N3O3/c1-26-10-13(5-7-17(26)27)20(28)25-18(19-14(22)3-2-8-24-19)12-4-6-16(29-11-21)15(23)9-12/h2-10,18H,11H2,1H3,(H,25,28)/t18-/m0/s1. The van der Waals surface area contributed by atoms with Gasteiger partial charge in [0.25, 0.3) is 5.91 Å². The molecular formula is C20H16F3N3O3. The highest BCUT2D eigenvalue weighted by atomic mass is 19.1. The van der Waals surface area contributed by atoms with E-state index in [1.807, 2.05) is 0 Å². The van der Waals surface area contributed by atoms with Crippen LogP contribution in [0.15, 0.2) is 59.7 Å². The third-order valence-electron chi connectivity index (χ3n) is 4.18. The number of pyridine rings is 2. The van der Waals surface area contributed by atoms with Gasteiger partial charge in [-0.2, -0.15) is 0 Å². The van der Waals surface area contributed by atoms with Gasteiger partial charge < -0.3 is 14.6 Å². The van der Waals surface area contributed by atoms with Gasteiger partial charge in [-0.15, -0.1) is 0 Å². The zero-order chi connectivity index (χ0) is 21.0. The van der Waals surface area contributed by atoms with Gasteiger partial charge in [0.2, 0.25) is 12.4 Å². The number of alkyl halides is 1. The topological polar surface area (TPSA) is 73.2 Å². The summed E-state index contributed by atoms with van der Waals surface area (Å²) in [6, 6.07) is 7.48. The largest absolute Gasteiger partial charge is 0.460 e. The van der Waals surface area contributed by atoms with E-state index in [1.54, 1.807) is 0 Å². The van der Waals surface area contributed by atoms with Crippen LogP contribution < -0.4 is 15.6 Å². The smallest absolute Gasteiger partial charge is 0.253 e. The van der Waals surface area contributed by atoms with E-state index in [1.165, 1.54) is 54.3 Å². The number of nitrogens with zero attached hydrogens (tertiary/aromatic N) is 2. The molecule has 0 aliphatic rings. The van der Waals surface area contributed by atoms with Gasteiger partial charge in [-0.25, -0.2) is 13.2 Å². The maximum absolute atomic E-state index is 14.4. The number of hydrogen-bond acceptors (Lipinski definition) is 4. The van der Waals surface area contributed by atoms with Crippen LogP contribution in [0.25, 0.3) is 0 Å². The summed E-state index contributed by atoms with van der Waals surface area (Å²) in [6.45, 7) is -1.21. The van der Waals surface area contributed by atoms with E-state index in [0.717, 1.165) is 12.1 Å². The molecule has 6 nitrogen and oxygen atoms in total. The Kier molecular flexibility index (Phi) is 5.96. The van der Waals surface area contributed by atoms with Crippen LogP contribution in [0.5, 0.6) is 5.75 Å². The summed E-state index contributed by atoms with van der Waals surface area (Å²) < 4.78 is 46.7. The highest BCUT2D eigenvalue weighted by Crippen LogP contribution is 2.27. The molecule has 1 atom stereocenters. The Labute approximate surface area is 163 Å². The molecule has 9 heteroatoms. The summed E-state index contributed by atoms with van der Waals surface area (Å²) in [4.78, 5) is 28.2. The van der Waals surface area contributed by atoms with Gasteiger partial charge in [0, 0.05) is 25.5 Å². The number of aromatic nitrogens is 2. The van der Waals surface area contributed by atoms with Crippen LogP contribution >= 0.6 is 0 Å². The van der Waals surface area contributed by atoms with Crippen LogP contribution in [0.1, 0.15) is 27.7 Å². The fourth-order valence-electron chi connectivity index (χ4n) is 2.74. The number of halogens is 3. The van der Waals surface area contributed by atoms with Gasteiger partial charge in [-0.3, -0.25) is 14.6 Å². The van der Waals surface area contributed by atoms with Crippen molar-refractivity contribution in [2.75, 3.05) is 6.86 Å². The molecule has 150 valence electrons. The predicted octanol–water partition coefficient (Wildman–Crippen LogP) is 2.88. The van der Waals surface area contributed by atoms with Crippen LogP contribution in [0, 0.1) is 11.6 Å². The third kappa shape index (κ3) is 4.45. The normalized spacial score (nSPS) is 11.7. The first-order valence-corrected chi connectivity index (χ1v) is 8.47. The van der Waals surface area contributed by atoms with E-state index in [9.17, 15) is 22.8 Å². The minimum Gasteiger partial charge on any atom is -0.460 e. The van der Waals surface area contributed by atoms with E-state index in [4.69, 9.17) is 0 Å². The van der Waals surface area contributed by atoms with Gasteiger partial charge in [-0.05, 0) is 35.9 Å². The SMILES string of the molecule is Cn1cc(C(=O)N[C@@H](c2ccc(OCF)c(F)c2)c2ncccc2F)ccc1=O. The summed E-state index contributed by atoms with van der Waals surface area (Å²) in [7, 11) is 1.48. The Morgan fingerprint density at radius 3 is 2.66 bits per heavy atom. The second-order valence-electron chi connectivity index (χ2n) is 6.09. The first-order chi connectivity index (χ1) is 13.9. The number of nitrogens with one attached hydrogen (secondary N) is 1. The van der Waals surface area contributed by atoms with Gasteiger partial charge in [0.1, 0.15) is 11.5 Å². The number of carbonyl (C=O) groups is 1. The monoisotopic (exact) mass is 403 g/mol. The molecule has 2 heterocycles. The lowest BCUT2D eigenvalue weighted by Gasteiger charge is -2.20. The summed E-state index contributed by atoms with van der Waals surface area (Å²) in [6.07, 6.45) is 2.66. The molecule has 0 aliphatic heterocycles. The molecule has 3 rings (SSSR count). The van der Waals surface area contributed by atoms with Crippen molar-refractivity contribution in [2.24, 2.45) is 7.05 Å². The van der Waals surface area contributed by atoms with Crippen LogP contribution in [-0.2, 0) is 7.05 Å². The number of ether oxygens (including phenoxy) is 1. The summed E-state index contributed by atoms with van der Waals surface area (Å²) in [5, 5.41) is 2.59. The molecule has 0 radical (unpaired) electrons. The molecule has 0 aliphatic carbocycles. The molecule has 1 amide bonds. The third-order valence-corrected chi connectivity index (χ3v) is 4.18. The molecule has 0 bridgehead atoms. The Morgan fingerprint density at radius 1 is 1.21 bits per heavy atom. The fourth-order valence-corrected chi connectivity index (χ4v) is 2.74.